The number of carbonyl (C=O) groups is 1. The van der Waals surface area contributed by atoms with Gasteiger partial charge in [0, 0.05) is 42.4 Å². The molecule has 0 radical (unpaired) electrons. The summed E-state index contributed by atoms with van der Waals surface area (Å²) in [4.78, 5) is 20.8. The van der Waals surface area contributed by atoms with Crippen molar-refractivity contribution in [1.29, 1.82) is 0 Å². The molecule has 0 unspecified atom stereocenters. The standard InChI is InChI=1S/C14H21BrN4O/c1-14(2,3)19-6-4-18(5-7-19)13(20)11-8-10(15)9-17-12(11)16/h8-9H,4-7H2,1-3H3,(H2,16,17). The van der Waals surface area contributed by atoms with E-state index in [0.717, 1.165) is 30.7 Å². The Hall–Kier alpha value is -1.14. The normalized spacial score (nSPS) is 17.3. The number of nitrogen functional groups attached to an aromatic ring is 1. The number of pyridine rings is 1. The smallest absolute Gasteiger partial charge is 0.257 e. The van der Waals surface area contributed by atoms with E-state index in [2.05, 4.69) is 46.6 Å². The molecule has 2 rings (SSSR count). The minimum atomic E-state index is -0.0372. The molecule has 1 aliphatic heterocycles. The molecule has 1 fully saturated rings. The van der Waals surface area contributed by atoms with Crippen LogP contribution in [0.4, 0.5) is 5.82 Å². The van der Waals surface area contributed by atoms with Gasteiger partial charge >= 0.3 is 0 Å². The lowest BCUT2D eigenvalue weighted by atomic mass is 10.0. The van der Waals surface area contributed by atoms with Crippen molar-refractivity contribution in [2.45, 2.75) is 26.3 Å². The summed E-state index contributed by atoms with van der Waals surface area (Å²) in [6.07, 6.45) is 1.60. The summed E-state index contributed by atoms with van der Waals surface area (Å²) in [6, 6.07) is 1.74. The fourth-order valence-corrected chi connectivity index (χ4v) is 2.70. The second-order valence-electron chi connectivity index (χ2n) is 6.04. The molecular weight excluding hydrogens is 320 g/mol. The Morgan fingerprint density at radius 3 is 2.45 bits per heavy atom. The van der Waals surface area contributed by atoms with Crippen LogP contribution in [0.2, 0.25) is 0 Å². The van der Waals surface area contributed by atoms with E-state index in [4.69, 9.17) is 5.73 Å². The molecule has 6 heteroatoms. The summed E-state index contributed by atoms with van der Waals surface area (Å²) in [5.41, 5.74) is 6.42. The lowest BCUT2D eigenvalue weighted by Crippen LogP contribution is -2.54. The summed E-state index contributed by atoms with van der Waals surface area (Å²) in [5.74, 6) is 0.251. The number of piperazine rings is 1. The van der Waals surface area contributed by atoms with Crippen molar-refractivity contribution in [3.63, 3.8) is 0 Å². The molecule has 0 aromatic carbocycles. The predicted octanol–water partition coefficient (Wildman–Crippen LogP) is 1.98. The lowest BCUT2D eigenvalue weighted by Gasteiger charge is -2.42. The molecule has 1 aromatic heterocycles. The zero-order chi connectivity index (χ0) is 14.9. The number of nitrogens with zero attached hydrogens (tertiary/aromatic N) is 3. The van der Waals surface area contributed by atoms with Gasteiger partial charge in [0.1, 0.15) is 5.82 Å². The van der Waals surface area contributed by atoms with Gasteiger partial charge in [0.25, 0.3) is 5.91 Å². The number of aromatic nitrogens is 1. The number of carbonyl (C=O) groups excluding carboxylic acids is 1. The number of hydrogen-bond acceptors (Lipinski definition) is 4. The molecule has 5 nitrogen and oxygen atoms in total. The molecule has 1 saturated heterocycles. The van der Waals surface area contributed by atoms with Gasteiger partial charge < -0.3 is 10.6 Å². The van der Waals surface area contributed by atoms with Gasteiger partial charge in [-0.25, -0.2) is 4.98 Å². The fraction of sp³-hybridized carbons (Fsp3) is 0.571. The van der Waals surface area contributed by atoms with Crippen molar-refractivity contribution in [3.05, 3.63) is 22.3 Å². The molecule has 0 aliphatic carbocycles. The van der Waals surface area contributed by atoms with Crippen LogP contribution in [0.15, 0.2) is 16.7 Å². The predicted molar refractivity (Wildman–Crippen MR) is 83.6 cm³/mol. The topological polar surface area (TPSA) is 62.5 Å². The van der Waals surface area contributed by atoms with Crippen LogP contribution < -0.4 is 5.73 Å². The van der Waals surface area contributed by atoms with Crippen molar-refractivity contribution in [3.8, 4) is 0 Å². The molecular formula is C14H21BrN4O. The van der Waals surface area contributed by atoms with Crippen LogP contribution >= 0.6 is 15.9 Å². The second kappa shape index (κ2) is 5.69. The van der Waals surface area contributed by atoms with E-state index in [9.17, 15) is 4.79 Å². The Morgan fingerprint density at radius 1 is 1.30 bits per heavy atom. The van der Waals surface area contributed by atoms with Gasteiger partial charge in [-0.1, -0.05) is 0 Å². The maximum Gasteiger partial charge on any atom is 0.257 e. The molecule has 2 heterocycles. The first-order valence-electron chi connectivity index (χ1n) is 6.74. The zero-order valence-electron chi connectivity index (χ0n) is 12.2. The first-order valence-corrected chi connectivity index (χ1v) is 7.53. The number of nitrogens with two attached hydrogens (primary N) is 1. The highest BCUT2D eigenvalue weighted by atomic mass is 79.9. The molecule has 110 valence electrons. The number of hydrogen-bond donors (Lipinski definition) is 1. The number of halogens is 1. The van der Waals surface area contributed by atoms with E-state index in [1.807, 2.05) is 4.90 Å². The SMILES string of the molecule is CC(C)(C)N1CCN(C(=O)c2cc(Br)cnc2N)CC1. The summed E-state index contributed by atoms with van der Waals surface area (Å²) in [5, 5.41) is 0. The van der Waals surface area contributed by atoms with Crippen LogP contribution in [0.5, 0.6) is 0 Å². The van der Waals surface area contributed by atoms with E-state index >= 15 is 0 Å². The minimum absolute atomic E-state index is 0.0372. The van der Waals surface area contributed by atoms with Crippen LogP contribution in [0, 0.1) is 0 Å². The van der Waals surface area contributed by atoms with Crippen LogP contribution in [0.3, 0.4) is 0 Å². The van der Waals surface area contributed by atoms with Crippen molar-refractivity contribution >= 4 is 27.7 Å². The van der Waals surface area contributed by atoms with E-state index < -0.39 is 0 Å². The Kier molecular flexibility index (Phi) is 4.34. The van der Waals surface area contributed by atoms with Crippen molar-refractivity contribution < 1.29 is 4.79 Å². The lowest BCUT2D eigenvalue weighted by molar-refractivity contribution is 0.0451. The van der Waals surface area contributed by atoms with E-state index in [0.29, 0.717) is 5.56 Å². The minimum Gasteiger partial charge on any atom is -0.383 e. The third kappa shape index (κ3) is 3.30. The molecule has 1 aliphatic rings. The molecule has 0 spiro atoms. The van der Waals surface area contributed by atoms with Gasteiger partial charge in [0.05, 0.1) is 5.56 Å². The molecule has 2 N–H and O–H groups in total. The second-order valence-corrected chi connectivity index (χ2v) is 6.95. The van der Waals surface area contributed by atoms with Gasteiger partial charge in [-0.3, -0.25) is 9.69 Å². The Balaban J connectivity index is 2.07. The number of anilines is 1. The first kappa shape index (κ1) is 15.3. The Bertz CT molecular complexity index is 504. The van der Waals surface area contributed by atoms with Crippen molar-refractivity contribution in [2.24, 2.45) is 0 Å². The monoisotopic (exact) mass is 340 g/mol. The van der Waals surface area contributed by atoms with Crippen LogP contribution in [0.1, 0.15) is 31.1 Å². The molecule has 0 atom stereocenters. The van der Waals surface area contributed by atoms with Crippen molar-refractivity contribution in [2.75, 3.05) is 31.9 Å². The average molecular weight is 341 g/mol. The maximum absolute atomic E-state index is 12.5. The molecule has 20 heavy (non-hydrogen) atoms. The van der Waals surface area contributed by atoms with Gasteiger partial charge in [-0.15, -0.1) is 0 Å². The third-order valence-electron chi connectivity index (χ3n) is 3.63. The van der Waals surface area contributed by atoms with E-state index in [1.54, 1.807) is 12.3 Å². The first-order chi connectivity index (χ1) is 9.29. The average Bonchev–Trinajstić information content (AvgIpc) is 2.40. The van der Waals surface area contributed by atoms with Crippen molar-refractivity contribution in [1.82, 2.24) is 14.8 Å². The highest BCUT2D eigenvalue weighted by molar-refractivity contribution is 9.10. The van der Waals surface area contributed by atoms with Gasteiger partial charge in [-0.2, -0.15) is 0 Å². The maximum atomic E-state index is 12.5. The van der Waals surface area contributed by atoms with Gasteiger partial charge in [-0.05, 0) is 42.8 Å². The number of rotatable bonds is 1. The third-order valence-corrected chi connectivity index (χ3v) is 4.06. The summed E-state index contributed by atoms with van der Waals surface area (Å²) in [7, 11) is 0. The molecule has 1 aromatic rings. The number of amides is 1. The van der Waals surface area contributed by atoms with E-state index in [-0.39, 0.29) is 17.3 Å². The summed E-state index contributed by atoms with van der Waals surface area (Å²) < 4.78 is 0.767. The summed E-state index contributed by atoms with van der Waals surface area (Å²) >= 11 is 3.33. The van der Waals surface area contributed by atoms with E-state index in [1.165, 1.54) is 0 Å². The molecule has 0 saturated carbocycles. The van der Waals surface area contributed by atoms with Gasteiger partial charge in [0.15, 0.2) is 0 Å². The Labute approximate surface area is 128 Å². The fourth-order valence-electron chi connectivity index (χ4n) is 2.37. The molecule has 0 bridgehead atoms. The Morgan fingerprint density at radius 2 is 1.90 bits per heavy atom. The quantitative estimate of drug-likeness (QED) is 0.849. The molecule has 1 amide bonds. The highest BCUT2D eigenvalue weighted by Gasteiger charge is 2.29. The van der Waals surface area contributed by atoms with Crippen LogP contribution in [-0.4, -0.2) is 52.4 Å². The van der Waals surface area contributed by atoms with Crippen LogP contribution in [0.25, 0.3) is 0 Å². The zero-order valence-corrected chi connectivity index (χ0v) is 13.8. The van der Waals surface area contributed by atoms with Crippen LogP contribution in [-0.2, 0) is 0 Å². The summed E-state index contributed by atoms with van der Waals surface area (Å²) in [6.45, 7) is 9.80. The van der Waals surface area contributed by atoms with Gasteiger partial charge in [0.2, 0.25) is 0 Å². The largest absolute Gasteiger partial charge is 0.383 e. The highest BCUT2D eigenvalue weighted by Crippen LogP contribution is 2.20.